The molecule has 0 atom stereocenters. The predicted molar refractivity (Wildman–Crippen MR) is 89.8 cm³/mol. The molecule has 0 amide bonds. The maximum atomic E-state index is 13.3. The second-order valence-corrected chi connectivity index (χ2v) is 6.83. The van der Waals surface area contributed by atoms with Crippen LogP contribution in [0.3, 0.4) is 0 Å². The van der Waals surface area contributed by atoms with Crippen molar-refractivity contribution in [3.63, 3.8) is 0 Å². The van der Waals surface area contributed by atoms with Gasteiger partial charge in [0.1, 0.15) is 5.82 Å². The molecule has 0 aromatic heterocycles. The van der Waals surface area contributed by atoms with E-state index in [0.29, 0.717) is 6.04 Å². The molecule has 2 nitrogen and oxygen atoms in total. The van der Waals surface area contributed by atoms with Gasteiger partial charge in [-0.3, -0.25) is 4.90 Å². The minimum atomic E-state index is -0.174. The maximum absolute atomic E-state index is 13.3. The van der Waals surface area contributed by atoms with Gasteiger partial charge in [0.25, 0.3) is 0 Å². The second-order valence-electron chi connectivity index (χ2n) is 5.97. The first-order valence-corrected chi connectivity index (χ1v) is 8.37. The number of benzene rings is 1. The van der Waals surface area contributed by atoms with Crippen LogP contribution in [0.4, 0.5) is 4.39 Å². The molecule has 1 saturated heterocycles. The van der Waals surface area contributed by atoms with Gasteiger partial charge < -0.3 is 5.32 Å². The van der Waals surface area contributed by atoms with Gasteiger partial charge in [0.2, 0.25) is 0 Å². The van der Waals surface area contributed by atoms with E-state index in [9.17, 15) is 4.39 Å². The molecule has 4 heteroatoms. The molecule has 0 spiro atoms. The van der Waals surface area contributed by atoms with Gasteiger partial charge in [-0.15, -0.1) is 0 Å². The summed E-state index contributed by atoms with van der Waals surface area (Å²) in [4.78, 5) is 2.49. The normalized spacial score (nSPS) is 17.0. The van der Waals surface area contributed by atoms with Gasteiger partial charge in [0, 0.05) is 23.6 Å². The number of allylic oxidation sites excluding steroid dienone is 1. The Bertz CT molecular complexity index is 490. The fourth-order valence-electron chi connectivity index (χ4n) is 2.56. The Labute approximate surface area is 135 Å². The molecule has 1 N–H and O–H groups in total. The maximum Gasteiger partial charge on any atom is 0.123 e. The van der Waals surface area contributed by atoms with Crippen LogP contribution in [0.1, 0.15) is 32.3 Å². The first-order chi connectivity index (χ1) is 10.0. The van der Waals surface area contributed by atoms with E-state index in [1.807, 2.05) is 0 Å². The summed E-state index contributed by atoms with van der Waals surface area (Å²) in [6, 6.07) is 5.38. The lowest BCUT2D eigenvalue weighted by Gasteiger charge is -2.32. The summed E-state index contributed by atoms with van der Waals surface area (Å²) < 4.78 is 14.2. The zero-order valence-corrected chi connectivity index (χ0v) is 14.4. The van der Waals surface area contributed by atoms with Gasteiger partial charge in [0.15, 0.2) is 0 Å². The van der Waals surface area contributed by atoms with E-state index in [1.165, 1.54) is 11.6 Å². The number of hydrogen-bond acceptors (Lipinski definition) is 2. The van der Waals surface area contributed by atoms with Crippen molar-refractivity contribution < 1.29 is 4.39 Å². The van der Waals surface area contributed by atoms with Crippen molar-refractivity contribution in [2.45, 2.75) is 39.3 Å². The molecule has 0 bridgehead atoms. The van der Waals surface area contributed by atoms with Gasteiger partial charge in [-0.05, 0) is 63.5 Å². The standard InChI is InChI=1S/C17H24BrFN2/c1-13(2)5-8-21-9-6-16(7-10-21)20-12-14-11-15(19)3-4-17(14)18/h3-5,11,16,20H,6-10,12H2,1-2H3. The van der Waals surface area contributed by atoms with Crippen LogP contribution in [-0.2, 0) is 6.54 Å². The van der Waals surface area contributed by atoms with E-state index in [4.69, 9.17) is 0 Å². The topological polar surface area (TPSA) is 15.3 Å². The summed E-state index contributed by atoms with van der Waals surface area (Å²) in [5, 5.41) is 3.55. The molecule has 1 aromatic rings. The van der Waals surface area contributed by atoms with Gasteiger partial charge in [-0.1, -0.05) is 27.6 Å². The highest BCUT2D eigenvalue weighted by Crippen LogP contribution is 2.19. The molecule has 1 aliphatic rings. The third-order valence-corrected chi connectivity index (χ3v) is 4.71. The summed E-state index contributed by atoms with van der Waals surface area (Å²) in [6.45, 7) is 8.33. The molecule has 2 rings (SSSR count). The van der Waals surface area contributed by atoms with Gasteiger partial charge in [-0.2, -0.15) is 0 Å². The van der Waals surface area contributed by atoms with Crippen molar-refractivity contribution in [2.24, 2.45) is 0 Å². The first kappa shape index (κ1) is 16.7. The molecular formula is C17H24BrFN2. The molecule has 1 heterocycles. The molecule has 0 aliphatic carbocycles. The lowest BCUT2D eigenvalue weighted by molar-refractivity contribution is 0.214. The third-order valence-electron chi connectivity index (χ3n) is 3.93. The van der Waals surface area contributed by atoms with E-state index in [2.05, 4.69) is 46.1 Å². The molecule has 1 fully saturated rings. The van der Waals surface area contributed by atoms with Crippen molar-refractivity contribution in [3.05, 3.63) is 45.7 Å². The smallest absolute Gasteiger partial charge is 0.123 e. The minimum Gasteiger partial charge on any atom is -0.310 e. The Morgan fingerprint density at radius 1 is 1.38 bits per heavy atom. The van der Waals surface area contributed by atoms with Crippen LogP contribution < -0.4 is 5.32 Å². The second kappa shape index (κ2) is 8.06. The van der Waals surface area contributed by atoms with Crippen molar-refractivity contribution in [2.75, 3.05) is 19.6 Å². The largest absolute Gasteiger partial charge is 0.310 e. The summed E-state index contributed by atoms with van der Waals surface area (Å²) in [5.74, 6) is -0.174. The van der Waals surface area contributed by atoms with Crippen molar-refractivity contribution >= 4 is 15.9 Å². The van der Waals surface area contributed by atoms with Crippen LogP contribution in [0.25, 0.3) is 0 Å². The van der Waals surface area contributed by atoms with Crippen LogP contribution in [0.2, 0.25) is 0 Å². The van der Waals surface area contributed by atoms with E-state index in [0.717, 1.165) is 49.1 Å². The minimum absolute atomic E-state index is 0.174. The predicted octanol–water partition coefficient (Wildman–Crippen LogP) is 4.11. The third kappa shape index (κ3) is 5.53. The lowest BCUT2D eigenvalue weighted by atomic mass is 10.0. The van der Waals surface area contributed by atoms with Gasteiger partial charge in [-0.25, -0.2) is 4.39 Å². The van der Waals surface area contributed by atoms with Crippen molar-refractivity contribution in [1.82, 2.24) is 10.2 Å². The van der Waals surface area contributed by atoms with Crippen LogP contribution in [0, 0.1) is 5.82 Å². The van der Waals surface area contributed by atoms with Gasteiger partial charge >= 0.3 is 0 Å². The quantitative estimate of drug-likeness (QED) is 0.800. The highest BCUT2D eigenvalue weighted by molar-refractivity contribution is 9.10. The number of piperidine rings is 1. The number of nitrogens with zero attached hydrogens (tertiary/aromatic N) is 1. The lowest BCUT2D eigenvalue weighted by Crippen LogP contribution is -2.42. The molecule has 0 unspecified atom stereocenters. The summed E-state index contributed by atoms with van der Waals surface area (Å²) >= 11 is 3.48. The van der Waals surface area contributed by atoms with Crippen molar-refractivity contribution in [3.8, 4) is 0 Å². The molecule has 116 valence electrons. The number of likely N-dealkylation sites (tertiary alicyclic amines) is 1. The van der Waals surface area contributed by atoms with Crippen LogP contribution in [0.5, 0.6) is 0 Å². The highest BCUT2D eigenvalue weighted by Gasteiger charge is 2.18. The Balaban J connectivity index is 1.76. The van der Waals surface area contributed by atoms with Gasteiger partial charge in [0.05, 0.1) is 0 Å². The monoisotopic (exact) mass is 354 g/mol. The first-order valence-electron chi connectivity index (χ1n) is 7.57. The number of rotatable bonds is 5. The Morgan fingerprint density at radius 2 is 2.10 bits per heavy atom. The molecule has 0 saturated carbocycles. The zero-order valence-electron chi connectivity index (χ0n) is 12.8. The summed E-state index contributed by atoms with van der Waals surface area (Å²) in [5.41, 5.74) is 2.37. The molecule has 21 heavy (non-hydrogen) atoms. The summed E-state index contributed by atoms with van der Waals surface area (Å²) in [7, 11) is 0. The number of halogens is 2. The Kier molecular flexibility index (Phi) is 6.40. The molecule has 1 aromatic carbocycles. The summed E-state index contributed by atoms with van der Waals surface area (Å²) in [6.07, 6.45) is 4.60. The Morgan fingerprint density at radius 3 is 2.76 bits per heavy atom. The number of hydrogen-bond donors (Lipinski definition) is 1. The highest BCUT2D eigenvalue weighted by atomic mass is 79.9. The average molecular weight is 355 g/mol. The van der Waals surface area contributed by atoms with Crippen molar-refractivity contribution in [1.29, 1.82) is 0 Å². The molecule has 1 aliphatic heterocycles. The zero-order chi connectivity index (χ0) is 15.2. The van der Waals surface area contributed by atoms with E-state index in [1.54, 1.807) is 12.1 Å². The van der Waals surface area contributed by atoms with Crippen LogP contribution in [0.15, 0.2) is 34.3 Å². The van der Waals surface area contributed by atoms with Crippen LogP contribution >= 0.6 is 15.9 Å². The van der Waals surface area contributed by atoms with Crippen LogP contribution in [-0.4, -0.2) is 30.6 Å². The SMILES string of the molecule is CC(C)=CCN1CCC(NCc2cc(F)ccc2Br)CC1. The number of nitrogens with one attached hydrogen (secondary N) is 1. The molecule has 0 radical (unpaired) electrons. The fraction of sp³-hybridized carbons (Fsp3) is 0.529. The molecular weight excluding hydrogens is 331 g/mol. The van der Waals surface area contributed by atoms with E-state index >= 15 is 0 Å². The van der Waals surface area contributed by atoms with E-state index < -0.39 is 0 Å². The van der Waals surface area contributed by atoms with E-state index in [-0.39, 0.29) is 5.82 Å². The average Bonchev–Trinajstić information content (AvgIpc) is 2.47. The Hall–Kier alpha value is -0.710. The fourth-order valence-corrected chi connectivity index (χ4v) is 2.95.